The molecule has 0 fully saturated rings. The van der Waals surface area contributed by atoms with Crippen molar-refractivity contribution < 1.29 is 5.11 Å². The Morgan fingerprint density at radius 3 is 2.70 bits per heavy atom. The van der Waals surface area contributed by atoms with Crippen molar-refractivity contribution >= 4 is 0 Å². The summed E-state index contributed by atoms with van der Waals surface area (Å²) in [6, 6.07) is 16.3. The van der Waals surface area contributed by atoms with E-state index in [1.165, 1.54) is 11.1 Å². The van der Waals surface area contributed by atoms with Crippen molar-refractivity contribution in [2.45, 2.75) is 19.0 Å². The molecule has 0 saturated carbocycles. The molecular weight excluding hydrogens is 246 g/mol. The van der Waals surface area contributed by atoms with Gasteiger partial charge in [0.2, 0.25) is 0 Å². The summed E-state index contributed by atoms with van der Waals surface area (Å²) in [4.78, 5) is 2.41. The van der Waals surface area contributed by atoms with Gasteiger partial charge in [-0.05, 0) is 17.2 Å². The van der Waals surface area contributed by atoms with Gasteiger partial charge in [-0.25, -0.2) is 0 Å². The van der Waals surface area contributed by atoms with Crippen molar-refractivity contribution in [2.75, 3.05) is 6.54 Å². The van der Waals surface area contributed by atoms with Gasteiger partial charge in [0, 0.05) is 31.1 Å². The Kier molecular flexibility index (Phi) is 3.57. The molecule has 102 valence electrons. The van der Waals surface area contributed by atoms with Crippen molar-refractivity contribution in [3.05, 3.63) is 77.9 Å². The summed E-state index contributed by atoms with van der Waals surface area (Å²) < 4.78 is 0. The van der Waals surface area contributed by atoms with Gasteiger partial charge in [0.15, 0.2) is 0 Å². The van der Waals surface area contributed by atoms with E-state index in [1.54, 1.807) is 6.07 Å². The molecule has 2 aromatic rings. The second-order valence-electron chi connectivity index (χ2n) is 5.35. The molecule has 1 aliphatic heterocycles. The molecule has 3 rings (SSSR count). The number of fused-ring (bicyclic) bond motifs is 1. The van der Waals surface area contributed by atoms with E-state index < -0.39 is 0 Å². The van der Waals surface area contributed by atoms with Crippen LogP contribution in [0.4, 0.5) is 0 Å². The number of rotatable bonds is 3. The van der Waals surface area contributed by atoms with Crippen molar-refractivity contribution in [2.24, 2.45) is 0 Å². The topological polar surface area (TPSA) is 23.5 Å². The van der Waals surface area contributed by atoms with E-state index >= 15 is 0 Å². The molecule has 0 bridgehead atoms. The molecule has 1 heterocycles. The van der Waals surface area contributed by atoms with Crippen LogP contribution >= 0.6 is 0 Å². The molecule has 0 amide bonds. The summed E-state index contributed by atoms with van der Waals surface area (Å²) in [6.45, 7) is 6.64. The van der Waals surface area contributed by atoms with Crippen LogP contribution in [-0.2, 0) is 13.1 Å². The van der Waals surface area contributed by atoms with Crippen molar-refractivity contribution in [1.29, 1.82) is 0 Å². The van der Waals surface area contributed by atoms with Crippen LogP contribution < -0.4 is 0 Å². The van der Waals surface area contributed by atoms with E-state index in [0.717, 1.165) is 25.2 Å². The minimum absolute atomic E-state index is 0.198. The Balaban J connectivity index is 1.86. The predicted octanol–water partition coefficient (Wildman–Crippen LogP) is 3.68. The molecule has 0 unspecified atom stereocenters. The number of hydrogen-bond acceptors (Lipinski definition) is 2. The zero-order valence-corrected chi connectivity index (χ0v) is 11.5. The van der Waals surface area contributed by atoms with E-state index in [9.17, 15) is 5.11 Å². The molecule has 0 saturated heterocycles. The van der Waals surface area contributed by atoms with E-state index in [0.29, 0.717) is 5.75 Å². The highest BCUT2D eigenvalue weighted by molar-refractivity contribution is 5.45. The Morgan fingerprint density at radius 1 is 1.15 bits per heavy atom. The normalized spacial score (nSPS) is 18.5. The first-order chi connectivity index (χ1) is 9.78. The second-order valence-corrected chi connectivity index (χ2v) is 5.35. The second kappa shape index (κ2) is 5.51. The van der Waals surface area contributed by atoms with Gasteiger partial charge in [0.25, 0.3) is 0 Å². The van der Waals surface area contributed by atoms with Crippen LogP contribution in [0.5, 0.6) is 5.75 Å². The number of phenols is 1. The lowest BCUT2D eigenvalue weighted by Crippen LogP contribution is -2.32. The van der Waals surface area contributed by atoms with E-state index in [4.69, 9.17) is 0 Å². The van der Waals surface area contributed by atoms with Crippen LogP contribution in [0.3, 0.4) is 0 Å². The predicted molar refractivity (Wildman–Crippen MR) is 81.6 cm³/mol. The maximum absolute atomic E-state index is 10.1. The van der Waals surface area contributed by atoms with E-state index in [-0.39, 0.29) is 5.92 Å². The van der Waals surface area contributed by atoms with Crippen LogP contribution in [0.2, 0.25) is 0 Å². The first-order valence-electron chi connectivity index (χ1n) is 6.97. The van der Waals surface area contributed by atoms with Gasteiger partial charge >= 0.3 is 0 Å². The minimum atomic E-state index is 0.198. The molecule has 1 N–H and O–H groups in total. The highest BCUT2D eigenvalue weighted by Gasteiger charge is 2.25. The van der Waals surface area contributed by atoms with Crippen LogP contribution in [-0.4, -0.2) is 16.6 Å². The largest absolute Gasteiger partial charge is 0.508 e. The average molecular weight is 265 g/mol. The summed E-state index contributed by atoms with van der Waals surface area (Å²) >= 11 is 0. The molecule has 20 heavy (non-hydrogen) atoms. The molecule has 0 radical (unpaired) electrons. The van der Waals surface area contributed by atoms with Gasteiger partial charge < -0.3 is 5.11 Å². The number of benzene rings is 2. The fourth-order valence-corrected chi connectivity index (χ4v) is 2.99. The summed E-state index contributed by atoms with van der Waals surface area (Å²) in [5.41, 5.74) is 3.57. The Labute approximate surface area is 120 Å². The molecule has 0 aliphatic carbocycles. The molecule has 0 spiro atoms. The monoisotopic (exact) mass is 265 g/mol. The lowest BCUT2D eigenvalue weighted by molar-refractivity contribution is 0.231. The molecule has 1 aliphatic rings. The third-order valence-corrected chi connectivity index (χ3v) is 3.93. The maximum Gasteiger partial charge on any atom is 0.119 e. The molecule has 2 heteroatoms. The highest BCUT2D eigenvalue weighted by Crippen LogP contribution is 2.35. The van der Waals surface area contributed by atoms with Gasteiger partial charge in [0.1, 0.15) is 5.75 Å². The quantitative estimate of drug-likeness (QED) is 0.856. The fraction of sp³-hybridized carbons (Fsp3) is 0.222. The Hall–Kier alpha value is -2.06. The highest BCUT2D eigenvalue weighted by atomic mass is 16.3. The van der Waals surface area contributed by atoms with Crippen LogP contribution in [0.25, 0.3) is 0 Å². The lowest BCUT2D eigenvalue weighted by atomic mass is 9.88. The van der Waals surface area contributed by atoms with Gasteiger partial charge in [0.05, 0.1) is 0 Å². The number of hydrogen-bond donors (Lipinski definition) is 1. The molecular formula is C18H19NO. The third kappa shape index (κ3) is 2.47. The van der Waals surface area contributed by atoms with Crippen molar-refractivity contribution in [3.8, 4) is 5.75 Å². The van der Waals surface area contributed by atoms with E-state index in [1.807, 2.05) is 18.2 Å². The maximum atomic E-state index is 10.1. The molecule has 2 aromatic carbocycles. The third-order valence-electron chi connectivity index (χ3n) is 3.93. The first kappa shape index (κ1) is 12.9. The van der Waals surface area contributed by atoms with Gasteiger partial charge in [-0.3, -0.25) is 4.90 Å². The Bertz CT molecular complexity index is 606. The summed E-state index contributed by atoms with van der Waals surface area (Å²) in [7, 11) is 0. The summed E-state index contributed by atoms with van der Waals surface area (Å²) in [6.07, 6.45) is 1.94. The number of aromatic hydroxyl groups is 1. The smallest absolute Gasteiger partial charge is 0.119 e. The fourth-order valence-electron chi connectivity index (χ4n) is 2.99. The van der Waals surface area contributed by atoms with Gasteiger partial charge in [-0.2, -0.15) is 0 Å². The SMILES string of the molecule is C=C[C@H]1CN(Cc2ccccc2)Cc2cccc(O)c21. The van der Waals surface area contributed by atoms with Gasteiger partial charge in [-0.1, -0.05) is 48.5 Å². The zero-order chi connectivity index (χ0) is 13.9. The Morgan fingerprint density at radius 2 is 1.95 bits per heavy atom. The number of phenolic OH excluding ortho intramolecular Hbond substituents is 1. The molecule has 1 atom stereocenters. The van der Waals surface area contributed by atoms with E-state index in [2.05, 4.69) is 41.8 Å². The van der Waals surface area contributed by atoms with Gasteiger partial charge in [-0.15, -0.1) is 6.58 Å². The minimum Gasteiger partial charge on any atom is -0.508 e. The lowest BCUT2D eigenvalue weighted by Gasteiger charge is -2.33. The average Bonchev–Trinajstić information content (AvgIpc) is 2.47. The van der Waals surface area contributed by atoms with Crippen LogP contribution in [0.1, 0.15) is 22.6 Å². The standard InChI is InChI=1S/C18H19NO/c1-2-15-12-19(11-14-7-4-3-5-8-14)13-16-9-6-10-17(20)18(15)16/h2-10,15,20H,1,11-13H2/t15-/m0/s1. The summed E-state index contributed by atoms with van der Waals surface area (Å²) in [5.74, 6) is 0.593. The summed E-state index contributed by atoms with van der Waals surface area (Å²) in [5, 5.41) is 10.1. The van der Waals surface area contributed by atoms with Crippen molar-refractivity contribution in [3.63, 3.8) is 0 Å². The molecule has 0 aromatic heterocycles. The molecule has 2 nitrogen and oxygen atoms in total. The van der Waals surface area contributed by atoms with Crippen LogP contribution in [0.15, 0.2) is 61.2 Å². The number of nitrogens with zero attached hydrogens (tertiary/aromatic N) is 1. The van der Waals surface area contributed by atoms with Crippen LogP contribution in [0, 0.1) is 0 Å². The zero-order valence-electron chi connectivity index (χ0n) is 11.5. The van der Waals surface area contributed by atoms with Crippen molar-refractivity contribution in [1.82, 2.24) is 4.90 Å². The first-order valence-corrected chi connectivity index (χ1v) is 6.97.